The molecule has 0 radical (unpaired) electrons. The van der Waals surface area contributed by atoms with E-state index in [1.807, 2.05) is 6.92 Å². The average Bonchev–Trinajstić information content (AvgIpc) is 2.93. The quantitative estimate of drug-likeness (QED) is 0.820. The highest BCUT2D eigenvalue weighted by Gasteiger charge is 2.13. The first kappa shape index (κ1) is 13.3. The topological polar surface area (TPSA) is 81.2 Å². The summed E-state index contributed by atoms with van der Waals surface area (Å²) in [7, 11) is 0. The van der Waals surface area contributed by atoms with Crippen molar-refractivity contribution in [2.24, 2.45) is 5.73 Å². The molecule has 0 aliphatic heterocycles. The van der Waals surface area contributed by atoms with Crippen molar-refractivity contribution in [3.05, 3.63) is 33.1 Å². The molecule has 3 N–H and O–H groups in total. The number of aryl methyl sites for hydroxylation is 2. The highest BCUT2D eigenvalue weighted by molar-refractivity contribution is 7.14. The van der Waals surface area contributed by atoms with E-state index in [0.29, 0.717) is 23.0 Å². The van der Waals surface area contributed by atoms with Gasteiger partial charge < -0.3 is 10.3 Å². The number of hydrogen-bond donors (Lipinski definition) is 2. The molecule has 0 unspecified atom stereocenters. The van der Waals surface area contributed by atoms with E-state index in [1.54, 1.807) is 19.1 Å². The van der Waals surface area contributed by atoms with E-state index in [0.717, 1.165) is 10.4 Å². The van der Waals surface area contributed by atoms with Crippen LogP contribution < -0.4 is 11.1 Å². The van der Waals surface area contributed by atoms with Crippen molar-refractivity contribution in [2.75, 3.05) is 11.9 Å². The van der Waals surface area contributed by atoms with Crippen molar-refractivity contribution in [1.29, 1.82) is 0 Å². The number of thiophene rings is 1. The van der Waals surface area contributed by atoms with Crippen LogP contribution in [-0.4, -0.2) is 17.6 Å². The molecule has 0 aliphatic carbocycles. The van der Waals surface area contributed by atoms with Crippen LogP contribution in [0, 0.1) is 25.7 Å². The summed E-state index contributed by atoms with van der Waals surface area (Å²) in [6.45, 7) is 4.00. The van der Waals surface area contributed by atoms with Crippen LogP contribution in [0.4, 0.5) is 5.88 Å². The van der Waals surface area contributed by atoms with Crippen LogP contribution in [0.3, 0.4) is 0 Å². The Balaban J connectivity index is 2.15. The van der Waals surface area contributed by atoms with Crippen LogP contribution in [0.15, 0.2) is 16.7 Å². The molecule has 0 bridgehead atoms. The Morgan fingerprint density at radius 1 is 1.53 bits per heavy atom. The summed E-state index contributed by atoms with van der Waals surface area (Å²) in [5.41, 5.74) is 7.01. The van der Waals surface area contributed by atoms with Gasteiger partial charge in [-0.2, -0.15) is 0 Å². The summed E-state index contributed by atoms with van der Waals surface area (Å²) in [5.74, 6) is 5.83. The Kier molecular flexibility index (Phi) is 4.00. The molecule has 0 fully saturated rings. The van der Waals surface area contributed by atoms with E-state index in [2.05, 4.69) is 22.3 Å². The van der Waals surface area contributed by atoms with E-state index < -0.39 is 0 Å². The molecule has 0 saturated carbocycles. The van der Waals surface area contributed by atoms with Crippen molar-refractivity contribution in [2.45, 2.75) is 13.8 Å². The summed E-state index contributed by atoms with van der Waals surface area (Å²) in [5, 5.41) is 6.35. The standard InChI is InChI=1S/C13H13N3O2S/c1-8-6-11(19-10(8)4-3-5-14)13(17)15-12-7-9(2)16-18-12/h6-7H,5,14H2,1-2H3,(H,15,17). The minimum absolute atomic E-state index is 0.231. The molecule has 0 atom stereocenters. The molecule has 98 valence electrons. The van der Waals surface area contributed by atoms with Gasteiger partial charge in [-0.3, -0.25) is 10.1 Å². The van der Waals surface area contributed by atoms with Crippen LogP contribution in [0.2, 0.25) is 0 Å². The molecule has 5 nitrogen and oxygen atoms in total. The van der Waals surface area contributed by atoms with E-state index in [9.17, 15) is 4.79 Å². The largest absolute Gasteiger partial charge is 0.338 e. The van der Waals surface area contributed by atoms with Gasteiger partial charge in [0.05, 0.1) is 22.0 Å². The van der Waals surface area contributed by atoms with Gasteiger partial charge in [-0.15, -0.1) is 11.3 Å². The van der Waals surface area contributed by atoms with Crippen molar-refractivity contribution >= 4 is 23.1 Å². The van der Waals surface area contributed by atoms with Crippen molar-refractivity contribution in [3.63, 3.8) is 0 Å². The van der Waals surface area contributed by atoms with E-state index in [-0.39, 0.29) is 5.91 Å². The predicted molar refractivity (Wildman–Crippen MR) is 74.2 cm³/mol. The number of amides is 1. The van der Waals surface area contributed by atoms with E-state index >= 15 is 0 Å². The predicted octanol–water partition coefficient (Wildman–Crippen LogP) is 1.92. The van der Waals surface area contributed by atoms with Gasteiger partial charge in [0.2, 0.25) is 5.88 Å². The maximum atomic E-state index is 12.0. The van der Waals surface area contributed by atoms with Crippen molar-refractivity contribution < 1.29 is 9.32 Å². The Labute approximate surface area is 114 Å². The number of aromatic nitrogens is 1. The third kappa shape index (κ3) is 3.22. The lowest BCUT2D eigenvalue weighted by atomic mass is 10.2. The number of anilines is 1. The Morgan fingerprint density at radius 2 is 2.32 bits per heavy atom. The lowest BCUT2D eigenvalue weighted by Gasteiger charge is -1.96. The number of carbonyl (C=O) groups is 1. The molecule has 0 aromatic carbocycles. The van der Waals surface area contributed by atoms with Gasteiger partial charge in [-0.1, -0.05) is 17.0 Å². The van der Waals surface area contributed by atoms with Crippen LogP contribution in [0.5, 0.6) is 0 Å². The van der Waals surface area contributed by atoms with Gasteiger partial charge >= 0.3 is 0 Å². The molecule has 1 amide bonds. The minimum atomic E-state index is -0.231. The van der Waals surface area contributed by atoms with Crippen LogP contribution >= 0.6 is 11.3 Å². The molecule has 2 aromatic heterocycles. The van der Waals surface area contributed by atoms with Gasteiger partial charge in [0.25, 0.3) is 5.91 Å². The molecule has 0 aliphatic rings. The Hall–Kier alpha value is -2.10. The molecule has 2 heterocycles. The fourth-order valence-electron chi connectivity index (χ4n) is 1.45. The number of rotatable bonds is 2. The second-order valence-electron chi connectivity index (χ2n) is 3.92. The van der Waals surface area contributed by atoms with Crippen molar-refractivity contribution in [1.82, 2.24) is 5.16 Å². The fourth-order valence-corrected chi connectivity index (χ4v) is 2.39. The van der Waals surface area contributed by atoms with Crippen LogP contribution in [-0.2, 0) is 0 Å². The maximum absolute atomic E-state index is 12.0. The molecule has 19 heavy (non-hydrogen) atoms. The second kappa shape index (κ2) is 5.69. The summed E-state index contributed by atoms with van der Waals surface area (Å²) < 4.78 is 4.94. The molecule has 6 heteroatoms. The molecule has 0 spiro atoms. The van der Waals surface area contributed by atoms with Crippen molar-refractivity contribution in [3.8, 4) is 11.8 Å². The van der Waals surface area contributed by atoms with E-state index in [1.165, 1.54) is 11.3 Å². The zero-order valence-electron chi connectivity index (χ0n) is 10.6. The first-order chi connectivity index (χ1) is 9.10. The normalized spacial score (nSPS) is 9.84. The number of nitrogens with two attached hydrogens (primary N) is 1. The lowest BCUT2D eigenvalue weighted by Crippen LogP contribution is -2.09. The third-order valence-corrected chi connectivity index (χ3v) is 3.46. The molecule has 2 aromatic rings. The fraction of sp³-hybridized carbons (Fsp3) is 0.231. The second-order valence-corrected chi connectivity index (χ2v) is 4.97. The van der Waals surface area contributed by atoms with Crippen LogP contribution in [0.1, 0.15) is 25.8 Å². The molecule has 0 saturated heterocycles. The third-order valence-electron chi connectivity index (χ3n) is 2.31. The monoisotopic (exact) mass is 275 g/mol. The zero-order chi connectivity index (χ0) is 13.8. The zero-order valence-corrected chi connectivity index (χ0v) is 11.4. The van der Waals surface area contributed by atoms with E-state index in [4.69, 9.17) is 10.3 Å². The summed E-state index contributed by atoms with van der Waals surface area (Å²) in [6.07, 6.45) is 0. The molecular formula is C13H13N3O2S. The van der Waals surface area contributed by atoms with Gasteiger partial charge in [-0.05, 0) is 25.5 Å². The first-order valence-corrected chi connectivity index (χ1v) is 6.46. The number of hydrogen-bond acceptors (Lipinski definition) is 5. The van der Waals surface area contributed by atoms with Gasteiger partial charge in [0.1, 0.15) is 0 Å². The summed E-state index contributed by atoms with van der Waals surface area (Å²) in [4.78, 5) is 13.4. The molecular weight excluding hydrogens is 262 g/mol. The molecule has 2 rings (SSSR count). The Morgan fingerprint density at radius 3 is 2.95 bits per heavy atom. The number of nitrogens with zero attached hydrogens (tertiary/aromatic N) is 1. The van der Waals surface area contributed by atoms with Gasteiger partial charge in [0, 0.05) is 6.07 Å². The SMILES string of the molecule is Cc1cc(NC(=O)c2cc(C)c(C#CCN)s2)on1. The maximum Gasteiger partial charge on any atom is 0.268 e. The first-order valence-electron chi connectivity index (χ1n) is 5.64. The van der Waals surface area contributed by atoms with Gasteiger partial charge in [-0.25, -0.2) is 0 Å². The Bertz CT molecular complexity index is 661. The summed E-state index contributed by atoms with van der Waals surface area (Å²) >= 11 is 1.33. The number of carbonyl (C=O) groups excluding carboxylic acids is 1. The highest BCUT2D eigenvalue weighted by Crippen LogP contribution is 2.22. The number of nitrogens with one attached hydrogen (secondary N) is 1. The highest BCUT2D eigenvalue weighted by atomic mass is 32.1. The summed E-state index contributed by atoms with van der Waals surface area (Å²) in [6, 6.07) is 3.46. The lowest BCUT2D eigenvalue weighted by molar-refractivity contribution is 0.102. The van der Waals surface area contributed by atoms with Crippen LogP contribution in [0.25, 0.3) is 0 Å². The minimum Gasteiger partial charge on any atom is -0.338 e. The smallest absolute Gasteiger partial charge is 0.268 e. The average molecular weight is 275 g/mol. The van der Waals surface area contributed by atoms with Gasteiger partial charge in [0.15, 0.2) is 0 Å².